The maximum absolute atomic E-state index is 13.6. The molecule has 1 aromatic carbocycles. The van der Waals surface area contributed by atoms with Crippen molar-refractivity contribution in [1.29, 1.82) is 0 Å². The third kappa shape index (κ3) is 7.63. The fraction of sp³-hybridized carbons (Fsp3) is 0.500. The Labute approximate surface area is 205 Å². The van der Waals surface area contributed by atoms with Crippen LogP contribution in [0.3, 0.4) is 0 Å². The third-order valence-electron chi connectivity index (χ3n) is 5.60. The average molecular weight is 491 g/mol. The minimum absolute atomic E-state index is 0.0400. The van der Waals surface area contributed by atoms with E-state index in [1.54, 1.807) is 29.5 Å². The molecule has 0 bridgehead atoms. The second kappa shape index (κ2) is 13.0. The zero-order valence-corrected chi connectivity index (χ0v) is 20.8. The lowest BCUT2D eigenvalue weighted by Crippen LogP contribution is -2.48. The van der Waals surface area contributed by atoms with Crippen LogP contribution in [0.15, 0.2) is 48.4 Å². The van der Waals surface area contributed by atoms with Gasteiger partial charge in [0.15, 0.2) is 0 Å². The van der Waals surface area contributed by atoms with Crippen LogP contribution in [0.5, 0.6) is 5.75 Å². The van der Waals surface area contributed by atoms with E-state index < -0.39 is 6.10 Å². The summed E-state index contributed by atoms with van der Waals surface area (Å²) in [6.07, 6.45) is 1.83. The van der Waals surface area contributed by atoms with E-state index in [-0.39, 0.29) is 37.5 Å². The molecule has 1 N–H and O–H groups in total. The molecule has 0 radical (unpaired) electrons. The van der Waals surface area contributed by atoms with Crippen LogP contribution in [-0.4, -0.2) is 72.9 Å². The predicted molar refractivity (Wildman–Crippen MR) is 133 cm³/mol. The number of benzene rings is 1. The number of nitrogens with zero attached hydrogens (tertiary/aromatic N) is 2. The molecule has 186 valence electrons. The van der Waals surface area contributed by atoms with Crippen molar-refractivity contribution >= 4 is 17.2 Å². The number of ether oxygens (including phenoxy) is 2. The van der Waals surface area contributed by atoms with Gasteiger partial charge in [-0.3, -0.25) is 9.69 Å². The molecular weight excluding hydrogens is 455 g/mol. The van der Waals surface area contributed by atoms with Crippen LogP contribution in [0.25, 0.3) is 0 Å². The zero-order valence-electron chi connectivity index (χ0n) is 20.0. The molecule has 2 heterocycles. The van der Waals surface area contributed by atoms with Crippen molar-refractivity contribution in [2.24, 2.45) is 5.92 Å². The van der Waals surface area contributed by atoms with Gasteiger partial charge in [0.25, 0.3) is 0 Å². The van der Waals surface area contributed by atoms with Crippen LogP contribution in [0.1, 0.15) is 30.3 Å². The minimum atomic E-state index is -0.691. The first kappa shape index (κ1) is 26.3. The van der Waals surface area contributed by atoms with Crippen molar-refractivity contribution in [2.75, 3.05) is 46.0 Å². The van der Waals surface area contributed by atoms with E-state index >= 15 is 0 Å². The van der Waals surface area contributed by atoms with E-state index in [0.29, 0.717) is 37.9 Å². The SMILES string of the molecule is C=CCN(CC(=O)N1CCc2sccc2[C@@H]1COc1cccc(F)c1)C[C@H](O)COCC(C)C. The van der Waals surface area contributed by atoms with Gasteiger partial charge in [0.1, 0.15) is 18.2 Å². The Morgan fingerprint density at radius 1 is 1.38 bits per heavy atom. The molecule has 8 heteroatoms. The van der Waals surface area contributed by atoms with Crippen molar-refractivity contribution in [3.63, 3.8) is 0 Å². The van der Waals surface area contributed by atoms with E-state index in [1.165, 1.54) is 17.0 Å². The molecule has 3 rings (SSSR count). The summed E-state index contributed by atoms with van der Waals surface area (Å²) in [5.74, 6) is 0.432. The monoisotopic (exact) mass is 490 g/mol. The topological polar surface area (TPSA) is 62.2 Å². The summed E-state index contributed by atoms with van der Waals surface area (Å²) in [6, 6.07) is 7.82. The van der Waals surface area contributed by atoms with Gasteiger partial charge in [-0.1, -0.05) is 26.0 Å². The van der Waals surface area contributed by atoms with Gasteiger partial charge >= 0.3 is 0 Å². The normalized spacial score (nSPS) is 16.5. The summed E-state index contributed by atoms with van der Waals surface area (Å²) in [4.78, 5) is 18.4. The van der Waals surface area contributed by atoms with Gasteiger partial charge in [-0.15, -0.1) is 17.9 Å². The highest BCUT2D eigenvalue weighted by Gasteiger charge is 2.33. The largest absolute Gasteiger partial charge is 0.491 e. The Bertz CT molecular complexity index is 935. The summed E-state index contributed by atoms with van der Waals surface area (Å²) in [7, 11) is 0. The van der Waals surface area contributed by atoms with Crippen molar-refractivity contribution in [1.82, 2.24) is 9.80 Å². The maximum atomic E-state index is 13.6. The molecule has 6 nitrogen and oxygen atoms in total. The lowest BCUT2D eigenvalue weighted by molar-refractivity contribution is -0.136. The number of aliphatic hydroxyl groups excluding tert-OH is 1. The number of hydrogen-bond donors (Lipinski definition) is 1. The Morgan fingerprint density at radius 2 is 2.21 bits per heavy atom. The molecule has 2 atom stereocenters. The van der Waals surface area contributed by atoms with Crippen molar-refractivity contribution in [3.05, 3.63) is 64.6 Å². The quantitative estimate of drug-likeness (QED) is 0.432. The van der Waals surface area contributed by atoms with Gasteiger partial charge in [-0.2, -0.15) is 0 Å². The molecule has 1 aliphatic heterocycles. The average Bonchev–Trinajstić information content (AvgIpc) is 3.26. The summed E-state index contributed by atoms with van der Waals surface area (Å²) in [5, 5.41) is 12.4. The highest BCUT2D eigenvalue weighted by molar-refractivity contribution is 7.10. The predicted octanol–water partition coefficient (Wildman–Crippen LogP) is 3.91. The number of aliphatic hydroxyl groups is 1. The summed E-state index contributed by atoms with van der Waals surface area (Å²) >= 11 is 1.68. The number of halogens is 1. The Morgan fingerprint density at radius 3 is 2.94 bits per heavy atom. The second-order valence-electron chi connectivity index (χ2n) is 8.99. The highest BCUT2D eigenvalue weighted by atomic mass is 32.1. The zero-order chi connectivity index (χ0) is 24.5. The number of thiophene rings is 1. The Balaban J connectivity index is 1.65. The lowest BCUT2D eigenvalue weighted by Gasteiger charge is -2.37. The van der Waals surface area contributed by atoms with Crippen LogP contribution >= 0.6 is 11.3 Å². The first-order chi connectivity index (χ1) is 16.4. The molecule has 0 spiro atoms. The molecule has 0 saturated carbocycles. The fourth-order valence-electron chi connectivity index (χ4n) is 4.07. The van der Waals surface area contributed by atoms with Gasteiger partial charge < -0.3 is 19.5 Å². The minimum Gasteiger partial charge on any atom is -0.491 e. The van der Waals surface area contributed by atoms with Crippen LogP contribution in [0, 0.1) is 11.7 Å². The molecule has 0 unspecified atom stereocenters. The van der Waals surface area contributed by atoms with Gasteiger partial charge in [-0.05, 0) is 41.5 Å². The summed E-state index contributed by atoms with van der Waals surface area (Å²) in [5.41, 5.74) is 1.08. The molecule has 34 heavy (non-hydrogen) atoms. The van der Waals surface area contributed by atoms with E-state index in [0.717, 1.165) is 12.0 Å². The van der Waals surface area contributed by atoms with E-state index in [1.807, 2.05) is 21.2 Å². The molecule has 2 aromatic rings. The number of rotatable bonds is 13. The highest BCUT2D eigenvalue weighted by Crippen LogP contribution is 2.34. The van der Waals surface area contributed by atoms with Crippen LogP contribution in [-0.2, 0) is 16.0 Å². The molecule has 1 aromatic heterocycles. The molecule has 0 saturated heterocycles. The van der Waals surface area contributed by atoms with Crippen molar-refractivity contribution < 1.29 is 23.8 Å². The first-order valence-electron chi connectivity index (χ1n) is 11.7. The Kier molecular flexibility index (Phi) is 10.1. The standard InChI is InChI=1S/C26H35FN2O4S/c1-4-10-28(14-21(30)17-32-16-19(2)3)15-26(31)29-11-8-25-23(9-12-34-25)24(29)18-33-22-7-5-6-20(27)13-22/h4-7,9,12-13,19,21,24,30H,1,8,10-11,14-18H2,2-3H3/t21-,24-/m0/s1. The van der Waals surface area contributed by atoms with Gasteiger partial charge in [-0.25, -0.2) is 4.39 Å². The molecule has 0 fully saturated rings. The van der Waals surface area contributed by atoms with E-state index in [4.69, 9.17) is 9.47 Å². The van der Waals surface area contributed by atoms with Crippen LogP contribution in [0.4, 0.5) is 4.39 Å². The van der Waals surface area contributed by atoms with Gasteiger partial charge in [0.2, 0.25) is 5.91 Å². The fourth-order valence-corrected chi connectivity index (χ4v) is 4.99. The van der Waals surface area contributed by atoms with Crippen molar-refractivity contribution in [3.8, 4) is 5.75 Å². The molecule has 0 aliphatic carbocycles. The molecule has 1 aliphatic rings. The smallest absolute Gasteiger partial charge is 0.237 e. The number of hydrogen-bond acceptors (Lipinski definition) is 6. The van der Waals surface area contributed by atoms with Crippen LogP contribution in [0.2, 0.25) is 0 Å². The van der Waals surface area contributed by atoms with Crippen molar-refractivity contribution in [2.45, 2.75) is 32.4 Å². The summed E-state index contributed by atoms with van der Waals surface area (Å²) in [6.45, 7) is 10.5. The molecule has 1 amide bonds. The number of carbonyl (C=O) groups is 1. The number of carbonyl (C=O) groups excluding carboxylic acids is 1. The van der Waals surface area contributed by atoms with E-state index in [2.05, 4.69) is 20.4 Å². The maximum Gasteiger partial charge on any atom is 0.237 e. The first-order valence-corrected chi connectivity index (χ1v) is 12.6. The van der Waals surface area contributed by atoms with Gasteiger partial charge in [0.05, 0.1) is 25.3 Å². The van der Waals surface area contributed by atoms with Gasteiger partial charge in [0, 0.05) is 37.2 Å². The molecular formula is C26H35FN2O4S. The van der Waals surface area contributed by atoms with E-state index in [9.17, 15) is 14.3 Å². The Hall–Kier alpha value is -2.26. The second-order valence-corrected chi connectivity index (χ2v) is 9.99. The summed E-state index contributed by atoms with van der Waals surface area (Å²) < 4.78 is 25.0. The number of amides is 1. The van der Waals surface area contributed by atoms with Crippen LogP contribution < -0.4 is 4.74 Å². The number of fused-ring (bicyclic) bond motifs is 1. The third-order valence-corrected chi connectivity index (χ3v) is 6.59. The lowest BCUT2D eigenvalue weighted by atomic mass is 10.0.